The molecular formula is C11H20N4O2S. The molecular weight excluding hydrogens is 252 g/mol. The van der Waals surface area contributed by atoms with Crippen molar-refractivity contribution in [3.05, 3.63) is 18.3 Å². The summed E-state index contributed by atoms with van der Waals surface area (Å²) < 4.78 is 26.2. The van der Waals surface area contributed by atoms with Crippen LogP contribution in [0.15, 0.2) is 23.2 Å². The van der Waals surface area contributed by atoms with Gasteiger partial charge in [-0.3, -0.25) is 0 Å². The summed E-state index contributed by atoms with van der Waals surface area (Å²) in [4.78, 5) is 4.11. The highest BCUT2D eigenvalue weighted by Crippen LogP contribution is 2.17. The fraction of sp³-hybridized carbons (Fsp3) is 0.545. The molecule has 0 spiro atoms. The monoisotopic (exact) mass is 272 g/mol. The van der Waals surface area contributed by atoms with E-state index in [1.54, 1.807) is 0 Å². The largest absolute Gasteiger partial charge is 0.308 e. The van der Waals surface area contributed by atoms with Crippen molar-refractivity contribution >= 4 is 15.8 Å². The molecule has 1 aromatic rings. The van der Waals surface area contributed by atoms with Crippen LogP contribution in [0.3, 0.4) is 0 Å². The molecule has 0 fully saturated rings. The van der Waals surface area contributed by atoms with Crippen molar-refractivity contribution in [2.75, 3.05) is 18.5 Å². The summed E-state index contributed by atoms with van der Waals surface area (Å²) in [5.74, 6) is 5.57. The Morgan fingerprint density at radius 3 is 2.72 bits per heavy atom. The van der Waals surface area contributed by atoms with Crippen molar-refractivity contribution in [1.29, 1.82) is 0 Å². The Kier molecular flexibility index (Phi) is 5.52. The number of aromatic nitrogens is 1. The second-order valence-electron chi connectivity index (χ2n) is 3.87. The van der Waals surface area contributed by atoms with E-state index in [-0.39, 0.29) is 4.90 Å². The van der Waals surface area contributed by atoms with Gasteiger partial charge in [0.15, 0.2) is 0 Å². The van der Waals surface area contributed by atoms with Gasteiger partial charge in [0.1, 0.15) is 5.82 Å². The van der Waals surface area contributed by atoms with Crippen molar-refractivity contribution in [3.63, 3.8) is 0 Å². The van der Waals surface area contributed by atoms with Crippen molar-refractivity contribution in [1.82, 2.24) is 9.29 Å². The number of nitrogen functional groups attached to an aromatic ring is 1. The van der Waals surface area contributed by atoms with E-state index in [4.69, 9.17) is 5.84 Å². The molecule has 18 heavy (non-hydrogen) atoms. The number of pyridine rings is 1. The van der Waals surface area contributed by atoms with Gasteiger partial charge in [-0.05, 0) is 12.5 Å². The fourth-order valence-electron chi connectivity index (χ4n) is 1.58. The topological polar surface area (TPSA) is 88.3 Å². The van der Waals surface area contributed by atoms with Crippen LogP contribution in [0.4, 0.5) is 5.82 Å². The minimum Gasteiger partial charge on any atom is -0.308 e. The van der Waals surface area contributed by atoms with Crippen LogP contribution in [0.25, 0.3) is 0 Å². The van der Waals surface area contributed by atoms with Gasteiger partial charge in [-0.25, -0.2) is 19.2 Å². The number of hydrogen-bond acceptors (Lipinski definition) is 5. The van der Waals surface area contributed by atoms with Crippen LogP contribution in [0.1, 0.15) is 26.7 Å². The number of nitrogens with zero attached hydrogens (tertiary/aromatic N) is 2. The maximum absolute atomic E-state index is 12.4. The molecule has 0 radical (unpaired) electrons. The first-order valence-corrected chi connectivity index (χ1v) is 7.43. The molecule has 3 N–H and O–H groups in total. The zero-order chi connectivity index (χ0) is 13.6. The first-order valence-electron chi connectivity index (χ1n) is 5.99. The van der Waals surface area contributed by atoms with Crippen LogP contribution in [0, 0.1) is 0 Å². The molecule has 0 saturated carbocycles. The molecule has 0 aliphatic carbocycles. The standard InChI is InChI=1S/C11H20N4O2S/c1-3-5-8-15(4-2)18(16,17)10-6-7-13-11(9-10)14-12/h6-7,9H,3-5,8,12H2,1-2H3,(H,13,14). The Morgan fingerprint density at radius 1 is 1.44 bits per heavy atom. The summed E-state index contributed by atoms with van der Waals surface area (Å²) in [5, 5.41) is 0. The lowest BCUT2D eigenvalue weighted by Gasteiger charge is -2.20. The predicted molar refractivity (Wildman–Crippen MR) is 71.4 cm³/mol. The van der Waals surface area contributed by atoms with Crippen LogP contribution in [0.2, 0.25) is 0 Å². The number of nitrogens with two attached hydrogens (primary N) is 1. The summed E-state index contributed by atoms with van der Waals surface area (Å²) in [6.45, 7) is 4.85. The van der Waals surface area contributed by atoms with E-state index in [1.807, 2.05) is 13.8 Å². The van der Waals surface area contributed by atoms with Gasteiger partial charge in [-0.1, -0.05) is 20.3 Å². The SMILES string of the molecule is CCCCN(CC)S(=O)(=O)c1ccnc(NN)c1. The summed E-state index contributed by atoms with van der Waals surface area (Å²) in [6.07, 6.45) is 3.23. The minimum absolute atomic E-state index is 0.211. The van der Waals surface area contributed by atoms with Gasteiger partial charge in [-0.2, -0.15) is 4.31 Å². The molecule has 0 amide bonds. The van der Waals surface area contributed by atoms with Crippen molar-refractivity contribution in [2.45, 2.75) is 31.6 Å². The molecule has 0 saturated heterocycles. The lowest BCUT2D eigenvalue weighted by molar-refractivity contribution is 0.419. The van der Waals surface area contributed by atoms with E-state index in [9.17, 15) is 8.42 Å². The first-order chi connectivity index (χ1) is 8.56. The maximum atomic E-state index is 12.4. The number of unbranched alkanes of at least 4 members (excludes halogenated alkanes) is 1. The first kappa shape index (κ1) is 14.9. The highest BCUT2D eigenvalue weighted by Gasteiger charge is 2.22. The summed E-state index contributed by atoms with van der Waals surface area (Å²) >= 11 is 0. The Balaban J connectivity index is 3.02. The average molecular weight is 272 g/mol. The molecule has 1 heterocycles. The molecule has 1 rings (SSSR count). The van der Waals surface area contributed by atoms with E-state index >= 15 is 0 Å². The van der Waals surface area contributed by atoms with Crippen molar-refractivity contribution < 1.29 is 8.42 Å². The maximum Gasteiger partial charge on any atom is 0.243 e. The van der Waals surface area contributed by atoms with Gasteiger partial charge in [0.05, 0.1) is 4.90 Å². The quantitative estimate of drug-likeness (QED) is 0.575. The van der Waals surface area contributed by atoms with E-state index in [1.165, 1.54) is 22.6 Å². The Hall–Kier alpha value is -1.18. The third kappa shape index (κ3) is 3.41. The Morgan fingerprint density at radius 2 is 2.17 bits per heavy atom. The summed E-state index contributed by atoms with van der Waals surface area (Å²) in [6, 6.07) is 2.91. The van der Waals surface area contributed by atoms with Crippen LogP contribution in [-0.4, -0.2) is 30.8 Å². The van der Waals surface area contributed by atoms with E-state index < -0.39 is 10.0 Å². The molecule has 0 atom stereocenters. The number of anilines is 1. The smallest absolute Gasteiger partial charge is 0.243 e. The lowest BCUT2D eigenvalue weighted by Crippen LogP contribution is -2.32. The van der Waals surface area contributed by atoms with Crippen LogP contribution in [0.5, 0.6) is 0 Å². The lowest BCUT2D eigenvalue weighted by atomic mass is 10.3. The van der Waals surface area contributed by atoms with Crippen LogP contribution >= 0.6 is 0 Å². The zero-order valence-electron chi connectivity index (χ0n) is 10.8. The molecule has 0 aliphatic heterocycles. The molecule has 0 aromatic carbocycles. The molecule has 0 bridgehead atoms. The van der Waals surface area contributed by atoms with Gasteiger partial charge in [0.2, 0.25) is 10.0 Å². The highest BCUT2D eigenvalue weighted by molar-refractivity contribution is 7.89. The predicted octanol–water partition coefficient (Wildman–Crippen LogP) is 1.18. The number of nitrogens with one attached hydrogen (secondary N) is 1. The Bertz CT molecular complexity index is 476. The second kappa shape index (κ2) is 6.67. The van der Waals surface area contributed by atoms with Crippen molar-refractivity contribution in [2.24, 2.45) is 5.84 Å². The molecule has 102 valence electrons. The second-order valence-corrected chi connectivity index (χ2v) is 5.81. The van der Waals surface area contributed by atoms with Crippen molar-refractivity contribution in [3.8, 4) is 0 Å². The van der Waals surface area contributed by atoms with Crippen LogP contribution < -0.4 is 11.3 Å². The number of hydrogen-bond donors (Lipinski definition) is 2. The zero-order valence-corrected chi connectivity index (χ0v) is 11.6. The molecule has 0 aliphatic rings. The molecule has 0 unspecified atom stereocenters. The Labute approximate surface area is 108 Å². The highest BCUT2D eigenvalue weighted by atomic mass is 32.2. The third-order valence-electron chi connectivity index (χ3n) is 2.63. The number of rotatable bonds is 7. The number of hydrazine groups is 1. The van der Waals surface area contributed by atoms with E-state index in [0.29, 0.717) is 18.9 Å². The summed E-state index contributed by atoms with van der Waals surface area (Å²) in [7, 11) is -3.46. The minimum atomic E-state index is -3.46. The molecule has 7 heteroatoms. The fourth-order valence-corrected chi connectivity index (χ4v) is 3.08. The third-order valence-corrected chi connectivity index (χ3v) is 4.60. The van der Waals surface area contributed by atoms with Crippen LogP contribution in [-0.2, 0) is 10.0 Å². The van der Waals surface area contributed by atoms with Gasteiger partial charge >= 0.3 is 0 Å². The van der Waals surface area contributed by atoms with Gasteiger partial charge in [0.25, 0.3) is 0 Å². The van der Waals surface area contributed by atoms with Gasteiger partial charge in [0, 0.05) is 25.4 Å². The summed E-state index contributed by atoms with van der Waals surface area (Å²) in [5.41, 5.74) is 2.35. The van der Waals surface area contributed by atoms with E-state index in [0.717, 1.165) is 12.8 Å². The molecule has 1 aromatic heterocycles. The molecule has 6 nitrogen and oxygen atoms in total. The van der Waals surface area contributed by atoms with Gasteiger partial charge < -0.3 is 5.43 Å². The normalized spacial score (nSPS) is 11.8. The van der Waals surface area contributed by atoms with Gasteiger partial charge in [-0.15, -0.1) is 0 Å². The number of sulfonamides is 1. The average Bonchev–Trinajstić information content (AvgIpc) is 2.39. The van der Waals surface area contributed by atoms with E-state index in [2.05, 4.69) is 10.4 Å².